The molecule has 2 rings (SSSR count). The summed E-state index contributed by atoms with van der Waals surface area (Å²) in [6.07, 6.45) is 2.06. The van der Waals surface area contributed by atoms with Crippen LogP contribution in [-0.4, -0.2) is 30.2 Å². The molecule has 1 fully saturated rings. The van der Waals surface area contributed by atoms with E-state index in [0.29, 0.717) is 11.7 Å². The van der Waals surface area contributed by atoms with E-state index in [4.69, 9.17) is 22.4 Å². The molecule has 0 bridgehead atoms. The zero-order valence-corrected chi connectivity index (χ0v) is 13.3. The maximum atomic E-state index is 11.3. The molecule has 0 amide bonds. The zero-order valence-electron chi connectivity index (χ0n) is 10.6. The summed E-state index contributed by atoms with van der Waals surface area (Å²) in [5.41, 5.74) is 5.64. The molecule has 94 valence electrons. The summed E-state index contributed by atoms with van der Waals surface area (Å²) in [4.78, 5) is 19.4. The van der Waals surface area contributed by atoms with Gasteiger partial charge >= 0.3 is 35.5 Å². The number of nitrogens with zero attached hydrogens (tertiary/aromatic N) is 2. The summed E-state index contributed by atoms with van der Waals surface area (Å²) in [5.74, 6) is 0.440. The first-order valence-corrected chi connectivity index (χ1v) is 5.33. The van der Waals surface area contributed by atoms with E-state index >= 15 is 0 Å². The van der Waals surface area contributed by atoms with Gasteiger partial charge in [0.05, 0.1) is 7.11 Å². The van der Waals surface area contributed by atoms with Crippen LogP contribution in [0.15, 0.2) is 0 Å². The van der Waals surface area contributed by atoms with E-state index in [1.54, 1.807) is 0 Å². The van der Waals surface area contributed by atoms with E-state index < -0.39 is 5.97 Å². The first-order chi connectivity index (χ1) is 8.13. The Labute approximate surface area is 132 Å². The fourth-order valence-corrected chi connectivity index (χ4v) is 1.40. The Bertz CT molecular complexity index is 427. The Morgan fingerprint density at radius 1 is 1.44 bits per heavy atom. The average molecular weight is 282 g/mol. The van der Waals surface area contributed by atoms with Crippen LogP contribution >= 0.6 is 11.6 Å². The largest absolute Gasteiger partial charge is 1.00 e. The summed E-state index contributed by atoms with van der Waals surface area (Å²) in [7, 11) is 2.02. The Morgan fingerprint density at radius 2 is 2.00 bits per heavy atom. The van der Waals surface area contributed by atoms with Gasteiger partial charge in [-0.25, -0.2) is 14.8 Å². The van der Waals surface area contributed by atoms with Gasteiger partial charge in [-0.1, -0.05) is 11.6 Å². The number of esters is 1. The quantitative estimate of drug-likeness (QED) is 0.470. The summed E-state index contributed by atoms with van der Waals surface area (Å²) < 4.78 is 4.56. The molecular weight excluding hydrogens is 269 g/mol. The maximum Gasteiger partial charge on any atom is 1.00 e. The van der Waals surface area contributed by atoms with Gasteiger partial charge in [-0.2, -0.15) is 7.11 Å². The van der Waals surface area contributed by atoms with Crippen molar-refractivity contribution < 1.29 is 44.2 Å². The molecule has 1 saturated carbocycles. The summed E-state index contributed by atoms with van der Waals surface area (Å²) in [6.45, 7) is 0. The minimum absolute atomic E-state index is 0. The van der Waals surface area contributed by atoms with Gasteiger partial charge < -0.3 is 15.6 Å². The molecule has 0 spiro atoms. The van der Waals surface area contributed by atoms with Gasteiger partial charge in [0.2, 0.25) is 0 Å². The second-order valence-corrected chi connectivity index (χ2v) is 3.77. The van der Waals surface area contributed by atoms with Gasteiger partial charge in [0, 0.05) is 5.92 Å². The summed E-state index contributed by atoms with van der Waals surface area (Å²) in [5, 5.41) is 8.31. The SMILES string of the molecule is COC(=O)c1nc(C2CC2)nc(N)c1Cl.C[O-].[Na+]. The Kier molecular flexibility index (Phi) is 7.73. The Balaban J connectivity index is 0.000000917. The fraction of sp³-hybridized carbons (Fsp3) is 0.500. The van der Waals surface area contributed by atoms with E-state index in [1.807, 2.05) is 0 Å². The van der Waals surface area contributed by atoms with Gasteiger partial charge in [0.25, 0.3) is 0 Å². The molecular formula is C10H13ClN3NaO3. The van der Waals surface area contributed by atoms with E-state index in [1.165, 1.54) is 7.11 Å². The molecule has 6 nitrogen and oxygen atoms in total. The molecule has 1 aliphatic carbocycles. The molecule has 0 atom stereocenters. The van der Waals surface area contributed by atoms with Crippen LogP contribution in [0.1, 0.15) is 35.1 Å². The van der Waals surface area contributed by atoms with Crippen molar-refractivity contribution >= 4 is 23.4 Å². The van der Waals surface area contributed by atoms with Crippen molar-refractivity contribution in [2.45, 2.75) is 18.8 Å². The number of ether oxygens (including phenoxy) is 1. The predicted octanol–water partition coefficient (Wildman–Crippen LogP) is -2.64. The molecule has 0 unspecified atom stereocenters. The normalized spacial score (nSPS) is 12.9. The van der Waals surface area contributed by atoms with Crippen molar-refractivity contribution in [3.63, 3.8) is 0 Å². The fourth-order valence-electron chi connectivity index (χ4n) is 1.24. The molecule has 1 aliphatic rings. The predicted molar refractivity (Wildman–Crippen MR) is 60.7 cm³/mol. The average Bonchev–Trinajstić information content (AvgIpc) is 3.18. The molecule has 1 aromatic rings. The van der Waals surface area contributed by atoms with Crippen molar-refractivity contribution in [1.29, 1.82) is 0 Å². The van der Waals surface area contributed by atoms with Gasteiger partial charge in [-0.05, 0) is 12.8 Å². The second-order valence-electron chi connectivity index (χ2n) is 3.40. The molecule has 0 saturated heterocycles. The Hall–Kier alpha value is -0.400. The molecule has 0 aliphatic heterocycles. The summed E-state index contributed by atoms with van der Waals surface area (Å²) in [6, 6.07) is 0. The number of aromatic nitrogens is 2. The van der Waals surface area contributed by atoms with Gasteiger partial charge in [0.1, 0.15) is 16.7 Å². The van der Waals surface area contributed by atoms with E-state index in [-0.39, 0.29) is 46.1 Å². The number of carbonyl (C=O) groups excluding carboxylic acids is 1. The molecule has 2 N–H and O–H groups in total. The van der Waals surface area contributed by atoms with E-state index in [0.717, 1.165) is 20.0 Å². The van der Waals surface area contributed by atoms with Crippen molar-refractivity contribution in [1.82, 2.24) is 9.97 Å². The summed E-state index contributed by atoms with van der Waals surface area (Å²) >= 11 is 5.81. The van der Waals surface area contributed by atoms with E-state index in [9.17, 15) is 4.79 Å². The van der Waals surface area contributed by atoms with Crippen molar-refractivity contribution in [3.05, 3.63) is 16.5 Å². The monoisotopic (exact) mass is 281 g/mol. The number of halogens is 1. The first kappa shape index (κ1) is 17.6. The topological polar surface area (TPSA) is 101 Å². The third kappa shape index (κ3) is 4.07. The third-order valence-corrected chi connectivity index (χ3v) is 2.59. The van der Waals surface area contributed by atoms with Crippen LogP contribution in [0.2, 0.25) is 5.02 Å². The van der Waals surface area contributed by atoms with E-state index in [2.05, 4.69) is 14.7 Å². The molecule has 0 radical (unpaired) electrons. The molecule has 1 aromatic heterocycles. The van der Waals surface area contributed by atoms with Crippen LogP contribution in [0.4, 0.5) is 5.82 Å². The van der Waals surface area contributed by atoms with Gasteiger partial charge in [0.15, 0.2) is 5.69 Å². The smallest absolute Gasteiger partial charge is 0.857 e. The number of rotatable bonds is 2. The van der Waals surface area contributed by atoms with Crippen molar-refractivity contribution in [3.8, 4) is 0 Å². The number of anilines is 1. The second kappa shape index (κ2) is 7.91. The van der Waals surface area contributed by atoms with Crippen molar-refractivity contribution in [2.24, 2.45) is 0 Å². The molecule has 1 heterocycles. The zero-order chi connectivity index (χ0) is 13.0. The van der Waals surface area contributed by atoms with Gasteiger partial charge in [-0.15, -0.1) is 0 Å². The standard InChI is InChI=1S/C9H10ClN3O2.CH3O.Na/c1-15-9(14)6-5(10)7(11)13-8(12-6)4-2-3-4;1-2;/h4H,2-3H2,1H3,(H2,11,12,13);1H3;/q;-1;+1. The maximum absolute atomic E-state index is 11.3. The third-order valence-electron chi connectivity index (χ3n) is 2.22. The molecule has 18 heavy (non-hydrogen) atoms. The number of methoxy groups -OCH3 is 1. The number of nitrogen functional groups attached to an aromatic ring is 1. The molecule has 0 aromatic carbocycles. The van der Waals surface area contributed by atoms with Crippen LogP contribution in [0.25, 0.3) is 0 Å². The first-order valence-electron chi connectivity index (χ1n) is 4.95. The number of hydrogen-bond donors (Lipinski definition) is 1. The van der Waals surface area contributed by atoms with Crippen LogP contribution < -0.4 is 40.4 Å². The number of carbonyl (C=O) groups is 1. The number of nitrogens with two attached hydrogens (primary N) is 1. The molecule has 8 heteroatoms. The van der Waals surface area contributed by atoms with Gasteiger partial charge in [-0.3, -0.25) is 0 Å². The minimum atomic E-state index is -0.587. The minimum Gasteiger partial charge on any atom is -0.857 e. The van der Waals surface area contributed by atoms with Crippen LogP contribution in [0.3, 0.4) is 0 Å². The van der Waals surface area contributed by atoms with Crippen molar-refractivity contribution in [2.75, 3.05) is 20.0 Å². The number of hydrogen-bond acceptors (Lipinski definition) is 6. The van der Waals surface area contributed by atoms with Crippen LogP contribution in [0.5, 0.6) is 0 Å². The Morgan fingerprint density at radius 3 is 2.44 bits per heavy atom. The van der Waals surface area contributed by atoms with Crippen LogP contribution in [0, 0.1) is 0 Å². The van der Waals surface area contributed by atoms with Crippen LogP contribution in [-0.2, 0) is 4.74 Å².